The number of hydrogen-bond donors (Lipinski definition) is 2. The summed E-state index contributed by atoms with van der Waals surface area (Å²) >= 11 is 0. The maximum absolute atomic E-state index is 13.3. The third-order valence-electron chi connectivity index (χ3n) is 2.94. The minimum atomic E-state index is -0.734. The lowest BCUT2D eigenvalue weighted by Crippen LogP contribution is -2.35. The number of nitrogens with two attached hydrogens (primary N) is 1. The highest BCUT2D eigenvalue weighted by Gasteiger charge is 2.04. The van der Waals surface area contributed by atoms with Crippen molar-refractivity contribution >= 4 is 29.9 Å². The van der Waals surface area contributed by atoms with Gasteiger partial charge < -0.3 is 15.8 Å². The van der Waals surface area contributed by atoms with E-state index in [1.807, 2.05) is 18.2 Å². The van der Waals surface area contributed by atoms with Crippen LogP contribution in [-0.4, -0.2) is 30.6 Å². The van der Waals surface area contributed by atoms with E-state index in [9.17, 15) is 8.78 Å². The van der Waals surface area contributed by atoms with Crippen molar-refractivity contribution < 1.29 is 13.5 Å². The molecule has 0 spiro atoms. The number of aliphatic imine (C=N–C) groups is 1. The van der Waals surface area contributed by atoms with Gasteiger partial charge in [0.1, 0.15) is 12.4 Å². The van der Waals surface area contributed by atoms with Gasteiger partial charge in [0.25, 0.3) is 0 Å². The van der Waals surface area contributed by atoms with Crippen LogP contribution < -0.4 is 15.8 Å². The molecule has 24 heavy (non-hydrogen) atoms. The Morgan fingerprint density at radius 3 is 2.79 bits per heavy atom. The molecule has 0 bridgehead atoms. The third kappa shape index (κ3) is 7.07. The van der Waals surface area contributed by atoms with Crippen molar-refractivity contribution in [3.8, 4) is 5.75 Å². The maximum Gasteiger partial charge on any atom is 0.188 e. The monoisotopic (exact) mass is 448 g/mol. The minimum Gasteiger partial charge on any atom is -0.489 e. The number of hydrogen-bond acceptors (Lipinski definition) is 3. The molecule has 8 heteroatoms. The minimum absolute atomic E-state index is 0. The Balaban J connectivity index is 0.00000288. The van der Waals surface area contributed by atoms with Gasteiger partial charge in [-0.3, -0.25) is 9.98 Å². The van der Waals surface area contributed by atoms with Crippen LogP contribution in [0.1, 0.15) is 5.69 Å². The molecular weight excluding hydrogens is 429 g/mol. The van der Waals surface area contributed by atoms with E-state index in [0.29, 0.717) is 19.5 Å². The van der Waals surface area contributed by atoms with Gasteiger partial charge in [0.05, 0.1) is 6.54 Å². The van der Waals surface area contributed by atoms with Crippen LogP contribution in [0.3, 0.4) is 0 Å². The number of halogens is 3. The number of rotatable bonds is 7. The second-order valence-electron chi connectivity index (χ2n) is 4.69. The first-order valence-corrected chi connectivity index (χ1v) is 7.16. The molecule has 0 saturated carbocycles. The van der Waals surface area contributed by atoms with Crippen molar-refractivity contribution in [1.29, 1.82) is 0 Å². The molecule has 1 aromatic heterocycles. The first kappa shape index (κ1) is 20.1. The lowest BCUT2D eigenvalue weighted by atomic mass is 10.3. The number of guanidine groups is 1. The number of nitrogens with one attached hydrogen (secondary N) is 1. The van der Waals surface area contributed by atoms with Gasteiger partial charge in [0.15, 0.2) is 17.5 Å². The zero-order valence-electron chi connectivity index (χ0n) is 12.9. The molecule has 1 heterocycles. The summed E-state index contributed by atoms with van der Waals surface area (Å²) in [5.41, 5.74) is 6.65. The van der Waals surface area contributed by atoms with Gasteiger partial charge in [-0.05, 0) is 24.3 Å². The van der Waals surface area contributed by atoms with Gasteiger partial charge in [0, 0.05) is 30.9 Å². The van der Waals surface area contributed by atoms with Crippen LogP contribution in [0.25, 0.3) is 0 Å². The molecule has 0 amide bonds. The molecule has 0 radical (unpaired) electrons. The van der Waals surface area contributed by atoms with Gasteiger partial charge in [-0.25, -0.2) is 8.78 Å². The molecule has 0 atom stereocenters. The Kier molecular flexibility index (Phi) is 8.98. The maximum atomic E-state index is 13.3. The van der Waals surface area contributed by atoms with Crippen LogP contribution in [0, 0.1) is 11.6 Å². The lowest BCUT2D eigenvalue weighted by molar-refractivity contribution is 0.305. The topological polar surface area (TPSA) is 72.5 Å². The van der Waals surface area contributed by atoms with Crippen molar-refractivity contribution in [2.45, 2.75) is 6.42 Å². The lowest BCUT2D eigenvalue weighted by Gasteiger charge is -2.08. The smallest absolute Gasteiger partial charge is 0.188 e. The van der Waals surface area contributed by atoms with E-state index in [1.165, 1.54) is 6.07 Å². The fourth-order valence-electron chi connectivity index (χ4n) is 1.83. The van der Waals surface area contributed by atoms with E-state index in [-0.39, 0.29) is 42.3 Å². The van der Waals surface area contributed by atoms with E-state index in [0.717, 1.165) is 17.8 Å². The van der Waals surface area contributed by atoms with E-state index in [2.05, 4.69) is 15.3 Å². The average Bonchev–Trinajstić information content (AvgIpc) is 2.54. The fraction of sp³-hybridized carbons (Fsp3) is 0.250. The SMILES string of the molecule is I.NC(=NCCc1ccccn1)NCCOc1ccc(F)cc1F. The number of nitrogens with zero attached hydrogens (tertiary/aromatic N) is 2. The van der Waals surface area contributed by atoms with Crippen molar-refractivity contribution in [2.24, 2.45) is 10.7 Å². The van der Waals surface area contributed by atoms with Crippen molar-refractivity contribution in [3.63, 3.8) is 0 Å². The summed E-state index contributed by atoms with van der Waals surface area (Å²) in [4.78, 5) is 8.34. The first-order valence-electron chi connectivity index (χ1n) is 7.16. The van der Waals surface area contributed by atoms with Crippen molar-refractivity contribution in [2.75, 3.05) is 19.7 Å². The molecule has 0 unspecified atom stereocenters. The predicted molar refractivity (Wildman–Crippen MR) is 99.7 cm³/mol. The van der Waals surface area contributed by atoms with Gasteiger partial charge in [-0.15, -0.1) is 24.0 Å². The summed E-state index contributed by atoms with van der Waals surface area (Å²) in [6.07, 6.45) is 2.42. The van der Waals surface area contributed by atoms with Crippen LogP contribution in [0.15, 0.2) is 47.6 Å². The highest BCUT2D eigenvalue weighted by Crippen LogP contribution is 2.17. The molecule has 0 saturated heterocycles. The molecular formula is C16H19F2IN4O. The molecule has 130 valence electrons. The van der Waals surface area contributed by atoms with E-state index >= 15 is 0 Å². The molecule has 0 aliphatic carbocycles. The number of aromatic nitrogens is 1. The van der Waals surface area contributed by atoms with Gasteiger partial charge in [-0.2, -0.15) is 0 Å². The number of pyridine rings is 1. The summed E-state index contributed by atoms with van der Waals surface area (Å²) in [6, 6.07) is 8.85. The second kappa shape index (κ2) is 10.7. The molecule has 2 aromatic rings. The van der Waals surface area contributed by atoms with Crippen LogP contribution >= 0.6 is 24.0 Å². The van der Waals surface area contributed by atoms with E-state index in [4.69, 9.17) is 10.5 Å². The quantitative estimate of drug-likeness (QED) is 0.296. The number of benzene rings is 1. The average molecular weight is 448 g/mol. The normalized spacial score (nSPS) is 10.8. The molecule has 5 nitrogen and oxygen atoms in total. The van der Waals surface area contributed by atoms with Crippen LogP contribution in [0.5, 0.6) is 5.75 Å². The van der Waals surface area contributed by atoms with Crippen LogP contribution in [0.4, 0.5) is 8.78 Å². The molecule has 1 aromatic carbocycles. The van der Waals surface area contributed by atoms with E-state index in [1.54, 1.807) is 6.20 Å². The predicted octanol–water partition coefficient (Wildman–Crippen LogP) is 2.50. The van der Waals surface area contributed by atoms with Gasteiger partial charge >= 0.3 is 0 Å². The van der Waals surface area contributed by atoms with Crippen LogP contribution in [0.2, 0.25) is 0 Å². The first-order chi connectivity index (χ1) is 11.1. The number of ether oxygens (including phenoxy) is 1. The molecule has 2 rings (SSSR count). The summed E-state index contributed by atoms with van der Waals surface area (Å²) in [7, 11) is 0. The third-order valence-corrected chi connectivity index (χ3v) is 2.94. The van der Waals surface area contributed by atoms with Crippen molar-refractivity contribution in [3.05, 3.63) is 59.9 Å². The zero-order chi connectivity index (χ0) is 16.5. The molecule has 0 aliphatic heterocycles. The standard InChI is InChI=1S/C16H18F2N4O.HI/c17-12-4-5-15(14(18)11-12)23-10-9-22-16(19)21-8-6-13-3-1-2-7-20-13;/h1-5,7,11H,6,8-10H2,(H3,19,21,22);1H. The van der Waals surface area contributed by atoms with E-state index < -0.39 is 11.6 Å². The highest BCUT2D eigenvalue weighted by molar-refractivity contribution is 14.0. The van der Waals surface area contributed by atoms with Crippen LogP contribution in [-0.2, 0) is 6.42 Å². The summed E-state index contributed by atoms with van der Waals surface area (Å²) in [5, 5.41) is 2.86. The van der Waals surface area contributed by atoms with Gasteiger partial charge in [0.2, 0.25) is 0 Å². The highest BCUT2D eigenvalue weighted by atomic mass is 127. The molecule has 0 aliphatic rings. The largest absolute Gasteiger partial charge is 0.489 e. The Labute approximate surface area is 156 Å². The zero-order valence-corrected chi connectivity index (χ0v) is 15.2. The summed E-state index contributed by atoms with van der Waals surface area (Å²) < 4.78 is 31.3. The Bertz CT molecular complexity index is 656. The Hall–Kier alpha value is -1.97. The van der Waals surface area contributed by atoms with Gasteiger partial charge in [-0.1, -0.05) is 6.07 Å². The molecule has 0 fully saturated rings. The molecule has 3 N–H and O–H groups in total. The Morgan fingerprint density at radius 1 is 1.25 bits per heavy atom. The summed E-state index contributed by atoms with van der Waals surface area (Å²) in [6.45, 7) is 1.05. The second-order valence-corrected chi connectivity index (χ2v) is 4.69. The van der Waals surface area contributed by atoms with Crippen molar-refractivity contribution in [1.82, 2.24) is 10.3 Å². The Morgan fingerprint density at radius 2 is 2.08 bits per heavy atom. The summed E-state index contributed by atoms with van der Waals surface area (Å²) in [5.74, 6) is -1.10. The fourth-order valence-corrected chi connectivity index (χ4v) is 1.83.